The number of urea groups is 1. The number of nitrogens with one attached hydrogen (secondary N) is 1. The van der Waals surface area contributed by atoms with Crippen molar-refractivity contribution >= 4 is 17.9 Å². The fourth-order valence-electron chi connectivity index (χ4n) is 2.46. The van der Waals surface area contributed by atoms with Gasteiger partial charge < -0.3 is 20.7 Å². The van der Waals surface area contributed by atoms with Crippen LogP contribution in [0.2, 0.25) is 0 Å². The Morgan fingerprint density at radius 2 is 2.00 bits per heavy atom. The summed E-state index contributed by atoms with van der Waals surface area (Å²) in [4.78, 5) is 36.2. The third kappa shape index (κ3) is 5.61. The summed E-state index contributed by atoms with van der Waals surface area (Å²) in [6, 6.07) is -0.715. The normalized spacial score (nSPS) is 22.0. The Kier molecular flexibility index (Phi) is 6.45. The van der Waals surface area contributed by atoms with E-state index in [4.69, 9.17) is 10.5 Å². The van der Waals surface area contributed by atoms with E-state index in [2.05, 4.69) is 5.32 Å². The van der Waals surface area contributed by atoms with Gasteiger partial charge in [0, 0.05) is 25.0 Å². The Labute approximate surface area is 125 Å². The fourth-order valence-corrected chi connectivity index (χ4v) is 2.46. The average Bonchev–Trinajstić information content (AvgIpc) is 2.38. The van der Waals surface area contributed by atoms with Crippen molar-refractivity contribution in [1.82, 2.24) is 10.2 Å². The zero-order valence-corrected chi connectivity index (χ0v) is 12.9. The van der Waals surface area contributed by atoms with Crippen molar-refractivity contribution in [2.24, 2.45) is 17.6 Å². The van der Waals surface area contributed by atoms with Gasteiger partial charge in [-0.05, 0) is 19.3 Å². The quantitative estimate of drug-likeness (QED) is 0.721. The number of nitrogens with two attached hydrogens (primary N) is 1. The molecule has 0 aromatic heterocycles. The first kappa shape index (κ1) is 17.3. The smallest absolute Gasteiger partial charge is 0.314 e. The SMILES string of the molecule is CCOC(=O)CC1CC(NC(=O)C(C)C)CN(C(N)=O)C1. The standard InChI is InChI=1S/C14H25N3O4/c1-4-21-12(18)6-10-5-11(16-13(19)9(2)3)8-17(7-10)14(15)20/h9-11H,4-8H2,1-3H3,(H2,15,20)(H,16,19). The van der Waals surface area contributed by atoms with Crippen LogP contribution in [-0.2, 0) is 14.3 Å². The van der Waals surface area contributed by atoms with E-state index < -0.39 is 6.03 Å². The van der Waals surface area contributed by atoms with Crippen molar-refractivity contribution in [3.63, 3.8) is 0 Å². The summed E-state index contributed by atoms with van der Waals surface area (Å²) in [7, 11) is 0. The van der Waals surface area contributed by atoms with Crippen LogP contribution in [-0.4, -0.2) is 48.5 Å². The van der Waals surface area contributed by atoms with Crippen molar-refractivity contribution in [3.8, 4) is 0 Å². The zero-order chi connectivity index (χ0) is 16.0. The lowest BCUT2D eigenvalue weighted by molar-refractivity contribution is -0.144. The molecule has 0 aromatic rings. The van der Waals surface area contributed by atoms with Gasteiger partial charge in [0.25, 0.3) is 0 Å². The molecule has 1 heterocycles. The number of carbonyl (C=O) groups excluding carboxylic acids is 3. The number of nitrogens with zero attached hydrogens (tertiary/aromatic N) is 1. The highest BCUT2D eigenvalue weighted by molar-refractivity contribution is 5.78. The van der Waals surface area contributed by atoms with Gasteiger partial charge in [0.2, 0.25) is 5.91 Å². The van der Waals surface area contributed by atoms with E-state index in [1.54, 1.807) is 20.8 Å². The molecule has 7 heteroatoms. The summed E-state index contributed by atoms with van der Waals surface area (Å²) in [5.74, 6) is -0.538. The van der Waals surface area contributed by atoms with Crippen molar-refractivity contribution in [2.45, 2.75) is 39.7 Å². The zero-order valence-electron chi connectivity index (χ0n) is 12.9. The first-order valence-electron chi connectivity index (χ1n) is 7.33. The molecule has 1 aliphatic heterocycles. The maximum absolute atomic E-state index is 11.8. The second-order valence-electron chi connectivity index (χ2n) is 5.71. The number of hydrogen-bond donors (Lipinski definition) is 2. The number of amides is 3. The Balaban J connectivity index is 2.65. The van der Waals surface area contributed by atoms with Crippen LogP contribution in [0.15, 0.2) is 0 Å². The maximum Gasteiger partial charge on any atom is 0.314 e. The topological polar surface area (TPSA) is 102 Å². The third-order valence-electron chi connectivity index (χ3n) is 3.48. The second kappa shape index (κ2) is 7.85. The van der Waals surface area contributed by atoms with Gasteiger partial charge in [-0.15, -0.1) is 0 Å². The number of carbonyl (C=O) groups is 3. The van der Waals surface area contributed by atoms with E-state index in [0.717, 1.165) is 0 Å². The van der Waals surface area contributed by atoms with E-state index in [0.29, 0.717) is 26.1 Å². The molecule has 1 saturated heterocycles. The molecule has 1 aliphatic rings. The van der Waals surface area contributed by atoms with Crippen LogP contribution in [0.25, 0.3) is 0 Å². The molecular weight excluding hydrogens is 274 g/mol. The number of primary amides is 1. The van der Waals surface area contributed by atoms with E-state index in [1.165, 1.54) is 4.90 Å². The van der Waals surface area contributed by atoms with Gasteiger partial charge in [-0.2, -0.15) is 0 Å². The first-order valence-corrected chi connectivity index (χ1v) is 7.33. The summed E-state index contributed by atoms with van der Waals surface area (Å²) in [5.41, 5.74) is 5.33. The van der Waals surface area contributed by atoms with Crippen LogP contribution in [0.4, 0.5) is 4.79 Å². The van der Waals surface area contributed by atoms with E-state index >= 15 is 0 Å². The summed E-state index contributed by atoms with van der Waals surface area (Å²) >= 11 is 0. The van der Waals surface area contributed by atoms with E-state index in [9.17, 15) is 14.4 Å². The van der Waals surface area contributed by atoms with Crippen LogP contribution >= 0.6 is 0 Å². The van der Waals surface area contributed by atoms with Crippen LogP contribution in [0.3, 0.4) is 0 Å². The molecule has 120 valence electrons. The van der Waals surface area contributed by atoms with Crippen LogP contribution in [0, 0.1) is 11.8 Å². The molecular formula is C14H25N3O4. The highest BCUT2D eigenvalue weighted by Crippen LogP contribution is 2.21. The fraction of sp³-hybridized carbons (Fsp3) is 0.786. The number of hydrogen-bond acceptors (Lipinski definition) is 4. The number of likely N-dealkylation sites (tertiary alicyclic amines) is 1. The van der Waals surface area contributed by atoms with Gasteiger partial charge in [0.1, 0.15) is 0 Å². The van der Waals surface area contributed by atoms with Crippen LogP contribution in [0.1, 0.15) is 33.6 Å². The monoisotopic (exact) mass is 299 g/mol. The van der Waals surface area contributed by atoms with Crippen LogP contribution in [0.5, 0.6) is 0 Å². The number of piperidine rings is 1. The first-order chi connectivity index (χ1) is 9.83. The molecule has 0 aliphatic carbocycles. The summed E-state index contributed by atoms with van der Waals surface area (Å²) < 4.78 is 4.93. The number of rotatable bonds is 5. The number of ether oxygens (including phenoxy) is 1. The average molecular weight is 299 g/mol. The molecule has 0 bridgehead atoms. The lowest BCUT2D eigenvalue weighted by Gasteiger charge is -2.37. The molecule has 0 aromatic carbocycles. The van der Waals surface area contributed by atoms with E-state index in [1.807, 2.05) is 0 Å². The van der Waals surface area contributed by atoms with Crippen molar-refractivity contribution < 1.29 is 19.1 Å². The lowest BCUT2D eigenvalue weighted by atomic mass is 9.91. The summed E-state index contributed by atoms with van der Waals surface area (Å²) in [6.45, 7) is 6.49. The Hall–Kier alpha value is -1.79. The Bertz CT molecular complexity index is 398. The van der Waals surface area contributed by atoms with Gasteiger partial charge in [-0.1, -0.05) is 13.8 Å². The molecule has 1 rings (SSSR count). The molecule has 3 amide bonds. The van der Waals surface area contributed by atoms with Crippen LogP contribution < -0.4 is 11.1 Å². The van der Waals surface area contributed by atoms with Crippen molar-refractivity contribution in [3.05, 3.63) is 0 Å². The molecule has 21 heavy (non-hydrogen) atoms. The summed E-state index contributed by atoms with van der Waals surface area (Å²) in [5, 5.41) is 2.90. The number of esters is 1. The molecule has 2 atom stereocenters. The largest absolute Gasteiger partial charge is 0.466 e. The van der Waals surface area contributed by atoms with E-state index in [-0.39, 0.29) is 36.2 Å². The molecule has 0 radical (unpaired) electrons. The molecule has 0 saturated carbocycles. The Morgan fingerprint density at radius 3 is 2.52 bits per heavy atom. The molecule has 1 fully saturated rings. The maximum atomic E-state index is 11.8. The minimum Gasteiger partial charge on any atom is -0.466 e. The Morgan fingerprint density at radius 1 is 1.33 bits per heavy atom. The van der Waals surface area contributed by atoms with Crippen molar-refractivity contribution in [1.29, 1.82) is 0 Å². The second-order valence-corrected chi connectivity index (χ2v) is 5.71. The minimum absolute atomic E-state index is 0.0530. The van der Waals surface area contributed by atoms with Gasteiger partial charge in [0.05, 0.1) is 13.0 Å². The lowest BCUT2D eigenvalue weighted by Crippen LogP contribution is -2.54. The molecule has 2 unspecified atom stereocenters. The highest BCUT2D eigenvalue weighted by Gasteiger charge is 2.31. The van der Waals surface area contributed by atoms with Crippen molar-refractivity contribution in [2.75, 3.05) is 19.7 Å². The predicted octanol–water partition coefficient (Wildman–Crippen LogP) is 0.481. The summed E-state index contributed by atoms with van der Waals surface area (Å²) in [6.07, 6.45) is 0.868. The predicted molar refractivity (Wildman–Crippen MR) is 77.3 cm³/mol. The van der Waals surface area contributed by atoms with Gasteiger partial charge >= 0.3 is 12.0 Å². The molecule has 0 spiro atoms. The van der Waals surface area contributed by atoms with Gasteiger partial charge in [0.15, 0.2) is 0 Å². The minimum atomic E-state index is -0.535. The van der Waals surface area contributed by atoms with Gasteiger partial charge in [-0.25, -0.2) is 4.79 Å². The third-order valence-corrected chi connectivity index (χ3v) is 3.48. The molecule has 3 N–H and O–H groups in total. The molecule has 7 nitrogen and oxygen atoms in total. The highest BCUT2D eigenvalue weighted by atomic mass is 16.5. The van der Waals surface area contributed by atoms with Gasteiger partial charge in [-0.3, -0.25) is 9.59 Å².